The van der Waals surface area contributed by atoms with Gasteiger partial charge in [-0.25, -0.2) is 12.8 Å². The molecule has 136 valence electrons. The highest BCUT2D eigenvalue weighted by Crippen LogP contribution is 2.63. The summed E-state index contributed by atoms with van der Waals surface area (Å²) in [6.45, 7) is 4.09. The van der Waals surface area contributed by atoms with Crippen LogP contribution >= 0.6 is 0 Å². The molecular weight excluding hydrogens is 353 g/mol. The highest BCUT2D eigenvalue weighted by molar-refractivity contribution is 7.92. The maximum Gasteiger partial charge on any atom is 0.183 e. The van der Waals surface area contributed by atoms with Crippen LogP contribution in [-0.2, 0) is 14.6 Å². The molecule has 0 heterocycles. The number of benzene rings is 2. The first-order valence-electron chi connectivity index (χ1n) is 8.42. The van der Waals surface area contributed by atoms with Gasteiger partial charge < -0.3 is 4.74 Å². The second kappa shape index (κ2) is 6.82. The standard InChI is InChI=1S/C20H20FNO3S/c1-3-25-13-20(12-22)18(15-6-8-16(21)9-7-15)19(20)26(23,24)17-10-4-14(2)5-11-17/h4-11,18-19H,3,13H2,1-2H3/t18-,19-,20-/m0/s1. The van der Waals surface area contributed by atoms with Crippen molar-refractivity contribution in [1.29, 1.82) is 5.26 Å². The van der Waals surface area contributed by atoms with Crippen molar-refractivity contribution < 1.29 is 17.5 Å². The molecule has 0 N–H and O–H groups in total. The highest BCUT2D eigenvalue weighted by Gasteiger charge is 2.72. The van der Waals surface area contributed by atoms with Gasteiger partial charge in [-0.15, -0.1) is 0 Å². The maximum absolute atomic E-state index is 13.3. The predicted octanol–water partition coefficient (Wildman–Crippen LogP) is 3.62. The molecule has 2 aromatic carbocycles. The Labute approximate surface area is 153 Å². The molecule has 1 aliphatic carbocycles. The van der Waals surface area contributed by atoms with Crippen LogP contribution < -0.4 is 0 Å². The molecule has 0 spiro atoms. The average molecular weight is 373 g/mol. The number of hydrogen-bond acceptors (Lipinski definition) is 4. The second-order valence-electron chi connectivity index (χ2n) is 6.60. The zero-order valence-corrected chi connectivity index (χ0v) is 15.5. The normalized spacial score (nSPS) is 24.8. The Morgan fingerprint density at radius 3 is 2.31 bits per heavy atom. The molecule has 2 aromatic rings. The summed E-state index contributed by atoms with van der Waals surface area (Å²) in [4.78, 5) is 0.189. The number of aryl methyl sites for hydroxylation is 1. The molecule has 0 aliphatic heterocycles. The van der Waals surface area contributed by atoms with Crippen LogP contribution in [0.25, 0.3) is 0 Å². The zero-order valence-electron chi connectivity index (χ0n) is 14.6. The van der Waals surface area contributed by atoms with Crippen molar-refractivity contribution in [3.05, 3.63) is 65.5 Å². The number of nitrogens with zero attached hydrogens (tertiary/aromatic N) is 1. The summed E-state index contributed by atoms with van der Waals surface area (Å²) >= 11 is 0. The van der Waals surface area contributed by atoms with Crippen molar-refractivity contribution in [3.63, 3.8) is 0 Å². The summed E-state index contributed by atoms with van der Waals surface area (Å²) in [6, 6.07) is 14.4. The fourth-order valence-corrected chi connectivity index (χ4v) is 5.80. The van der Waals surface area contributed by atoms with Gasteiger partial charge in [-0.05, 0) is 43.7 Å². The van der Waals surface area contributed by atoms with E-state index in [-0.39, 0.29) is 11.5 Å². The highest BCUT2D eigenvalue weighted by atomic mass is 32.2. The number of halogens is 1. The zero-order chi connectivity index (χ0) is 18.9. The lowest BCUT2D eigenvalue weighted by molar-refractivity contribution is 0.117. The molecule has 3 atom stereocenters. The van der Waals surface area contributed by atoms with E-state index in [1.165, 1.54) is 12.1 Å². The van der Waals surface area contributed by atoms with Gasteiger partial charge in [-0.2, -0.15) is 5.26 Å². The Balaban J connectivity index is 2.05. The minimum Gasteiger partial charge on any atom is -0.380 e. The number of ether oxygens (including phenoxy) is 1. The first-order valence-corrected chi connectivity index (χ1v) is 9.96. The van der Waals surface area contributed by atoms with Gasteiger partial charge in [-0.3, -0.25) is 0 Å². The Kier molecular flexibility index (Phi) is 4.87. The molecule has 26 heavy (non-hydrogen) atoms. The van der Waals surface area contributed by atoms with Crippen LogP contribution in [0.15, 0.2) is 53.4 Å². The van der Waals surface area contributed by atoms with E-state index in [2.05, 4.69) is 6.07 Å². The van der Waals surface area contributed by atoms with Crippen molar-refractivity contribution in [2.24, 2.45) is 5.41 Å². The molecule has 0 bridgehead atoms. The third-order valence-electron chi connectivity index (χ3n) is 4.92. The number of rotatable bonds is 6. The van der Waals surface area contributed by atoms with Crippen LogP contribution in [0.5, 0.6) is 0 Å². The molecule has 1 saturated carbocycles. The minimum atomic E-state index is -3.74. The summed E-state index contributed by atoms with van der Waals surface area (Å²) in [7, 11) is -3.74. The summed E-state index contributed by atoms with van der Waals surface area (Å²) in [5.41, 5.74) is 0.418. The van der Waals surface area contributed by atoms with E-state index in [9.17, 15) is 18.1 Å². The smallest absolute Gasteiger partial charge is 0.183 e. The Hall–Kier alpha value is -2.23. The van der Waals surface area contributed by atoms with Crippen molar-refractivity contribution in [2.75, 3.05) is 13.2 Å². The fourth-order valence-electron chi connectivity index (χ4n) is 3.49. The molecule has 4 nitrogen and oxygen atoms in total. The largest absolute Gasteiger partial charge is 0.380 e. The lowest BCUT2D eigenvalue weighted by Gasteiger charge is -2.10. The molecule has 0 saturated heterocycles. The van der Waals surface area contributed by atoms with Gasteiger partial charge in [0.25, 0.3) is 0 Å². The maximum atomic E-state index is 13.3. The predicted molar refractivity (Wildman–Crippen MR) is 95.8 cm³/mol. The van der Waals surface area contributed by atoms with Crippen molar-refractivity contribution in [2.45, 2.75) is 29.9 Å². The van der Waals surface area contributed by atoms with Crippen LogP contribution in [0.3, 0.4) is 0 Å². The minimum absolute atomic E-state index is 0.0256. The first-order chi connectivity index (χ1) is 12.4. The van der Waals surface area contributed by atoms with Crippen LogP contribution in [-0.4, -0.2) is 26.9 Å². The molecule has 0 radical (unpaired) electrons. The van der Waals surface area contributed by atoms with Gasteiger partial charge >= 0.3 is 0 Å². The molecule has 0 aromatic heterocycles. The van der Waals surface area contributed by atoms with E-state index in [1.54, 1.807) is 43.3 Å². The van der Waals surface area contributed by atoms with E-state index in [0.29, 0.717) is 12.2 Å². The van der Waals surface area contributed by atoms with Gasteiger partial charge in [0.15, 0.2) is 9.84 Å². The molecule has 3 rings (SSSR count). The van der Waals surface area contributed by atoms with E-state index in [4.69, 9.17) is 4.74 Å². The summed E-state index contributed by atoms with van der Waals surface area (Å²) in [6.07, 6.45) is 0. The van der Waals surface area contributed by atoms with Gasteiger partial charge in [0.2, 0.25) is 0 Å². The van der Waals surface area contributed by atoms with E-state index in [0.717, 1.165) is 5.56 Å². The first kappa shape index (κ1) is 18.6. The van der Waals surface area contributed by atoms with Crippen LogP contribution in [0.1, 0.15) is 24.0 Å². The van der Waals surface area contributed by atoms with Gasteiger partial charge in [0, 0.05) is 12.5 Å². The number of nitriles is 1. The third kappa shape index (κ3) is 3.02. The monoisotopic (exact) mass is 373 g/mol. The molecule has 0 unspecified atom stereocenters. The molecule has 6 heteroatoms. The van der Waals surface area contributed by atoms with E-state index in [1.807, 2.05) is 6.92 Å². The Morgan fingerprint density at radius 2 is 1.77 bits per heavy atom. The van der Waals surface area contributed by atoms with Crippen molar-refractivity contribution in [1.82, 2.24) is 0 Å². The van der Waals surface area contributed by atoms with Crippen LogP contribution in [0, 0.1) is 29.5 Å². The Bertz CT molecular complexity index is 933. The quantitative estimate of drug-likeness (QED) is 0.776. The van der Waals surface area contributed by atoms with Gasteiger partial charge in [0.05, 0.1) is 22.8 Å². The van der Waals surface area contributed by atoms with E-state index < -0.39 is 32.2 Å². The Morgan fingerprint density at radius 1 is 1.15 bits per heavy atom. The SMILES string of the molecule is CCOC[C@@]1(C#N)[C@@H](c2ccc(F)cc2)[C@@H]1S(=O)(=O)c1ccc(C)cc1. The fraction of sp³-hybridized carbons (Fsp3) is 0.350. The molecule has 0 amide bonds. The third-order valence-corrected chi connectivity index (χ3v) is 7.21. The van der Waals surface area contributed by atoms with Gasteiger partial charge in [-0.1, -0.05) is 29.8 Å². The summed E-state index contributed by atoms with van der Waals surface area (Å²) in [5.74, 6) is -0.953. The molecule has 1 fully saturated rings. The second-order valence-corrected chi connectivity index (χ2v) is 8.67. The topological polar surface area (TPSA) is 67.2 Å². The lowest BCUT2D eigenvalue weighted by atomic mass is 10.0. The van der Waals surface area contributed by atoms with Crippen LogP contribution in [0.4, 0.5) is 4.39 Å². The number of hydrogen-bond donors (Lipinski definition) is 0. The van der Waals surface area contributed by atoms with Crippen molar-refractivity contribution >= 4 is 9.84 Å². The van der Waals surface area contributed by atoms with Crippen molar-refractivity contribution in [3.8, 4) is 6.07 Å². The van der Waals surface area contributed by atoms with Crippen LogP contribution in [0.2, 0.25) is 0 Å². The van der Waals surface area contributed by atoms with Gasteiger partial charge in [0.1, 0.15) is 11.2 Å². The summed E-state index contributed by atoms with van der Waals surface area (Å²) < 4.78 is 45.1. The lowest BCUT2D eigenvalue weighted by Crippen LogP contribution is -2.19. The average Bonchev–Trinajstić information content (AvgIpc) is 3.31. The molecule has 1 aliphatic rings. The number of sulfone groups is 1. The molecular formula is C20H20FNO3S. The summed E-state index contributed by atoms with van der Waals surface area (Å²) in [5, 5.41) is 8.91. The van der Waals surface area contributed by atoms with E-state index >= 15 is 0 Å².